The number of hydrogen-bond donors (Lipinski definition) is 1. The maximum Gasteiger partial charge on any atom is 0.414 e. The van der Waals surface area contributed by atoms with Gasteiger partial charge in [-0.15, -0.1) is 0 Å². The zero-order chi connectivity index (χ0) is 26.8. The summed E-state index contributed by atoms with van der Waals surface area (Å²) in [5.41, 5.74) is 2.83. The highest BCUT2D eigenvalue weighted by Crippen LogP contribution is 2.55. The van der Waals surface area contributed by atoms with Crippen LogP contribution in [-0.2, 0) is 10.3 Å². The smallest absolute Gasteiger partial charge is 0.414 e. The molecule has 1 amide bonds. The van der Waals surface area contributed by atoms with Crippen LogP contribution in [0.2, 0.25) is 0 Å². The van der Waals surface area contributed by atoms with Gasteiger partial charge in [-0.3, -0.25) is 4.90 Å². The summed E-state index contributed by atoms with van der Waals surface area (Å²) >= 11 is 0. The van der Waals surface area contributed by atoms with Gasteiger partial charge in [-0.2, -0.15) is 8.78 Å². The van der Waals surface area contributed by atoms with Crippen molar-refractivity contribution in [2.24, 2.45) is 0 Å². The number of imidazole rings is 1. The second-order valence-corrected chi connectivity index (χ2v) is 9.80. The standard InChI is InChI=1S/C27H25F2N5O4/c1-4-37-26(35)34-17-6-5-7-21(38-25(28)29)22(17)19-11-20(34)23-32-16-9-8-14(10-18(16)33(19)23)15-12-30-24(31-13-15)27(2,3)36/h5-10,12-13,19-20,25,36H,4,11H2,1-3H3/t19-,20-/m1/s1. The fourth-order valence-corrected chi connectivity index (χ4v) is 5.40. The lowest BCUT2D eigenvalue weighted by atomic mass is 9.93. The van der Waals surface area contributed by atoms with E-state index >= 15 is 0 Å². The highest BCUT2D eigenvalue weighted by molar-refractivity contribution is 5.93. The van der Waals surface area contributed by atoms with Crippen LogP contribution in [0.1, 0.15) is 56.5 Å². The first-order valence-corrected chi connectivity index (χ1v) is 12.3. The van der Waals surface area contributed by atoms with Gasteiger partial charge in [0.1, 0.15) is 23.2 Å². The lowest BCUT2D eigenvalue weighted by molar-refractivity contribution is -0.0506. The number of benzene rings is 2. The van der Waals surface area contributed by atoms with Crippen LogP contribution >= 0.6 is 0 Å². The topological polar surface area (TPSA) is 103 Å². The average Bonchev–Trinajstić information content (AvgIpc) is 3.39. The molecule has 4 heterocycles. The second kappa shape index (κ2) is 8.73. The van der Waals surface area contributed by atoms with Gasteiger partial charge in [0.25, 0.3) is 0 Å². The van der Waals surface area contributed by atoms with E-state index in [1.165, 1.54) is 11.0 Å². The minimum Gasteiger partial charge on any atom is -0.449 e. The van der Waals surface area contributed by atoms with Gasteiger partial charge in [0, 0.05) is 29.9 Å². The molecule has 196 valence electrons. The third kappa shape index (κ3) is 3.76. The third-order valence-electron chi connectivity index (χ3n) is 6.93. The number of carbonyl (C=O) groups is 1. The van der Waals surface area contributed by atoms with Crippen molar-refractivity contribution in [3.63, 3.8) is 0 Å². The Labute approximate surface area is 216 Å². The summed E-state index contributed by atoms with van der Waals surface area (Å²) in [7, 11) is 0. The van der Waals surface area contributed by atoms with Crippen molar-refractivity contribution < 1.29 is 28.2 Å². The molecule has 6 rings (SSSR count). The molecule has 0 saturated heterocycles. The first-order chi connectivity index (χ1) is 18.2. The number of hydrogen-bond acceptors (Lipinski definition) is 7. The molecule has 0 radical (unpaired) electrons. The molecule has 0 fully saturated rings. The van der Waals surface area contributed by atoms with Crippen molar-refractivity contribution in [2.75, 3.05) is 11.5 Å². The van der Waals surface area contributed by atoms with Crippen LogP contribution < -0.4 is 9.64 Å². The maximum atomic E-state index is 13.4. The van der Waals surface area contributed by atoms with E-state index in [0.29, 0.717) is 34.8 Å². The Morgan fingerprint density at radius 1 is 1.16 bits per heavy atom. The Morgan fingerprint density at radius 3 is 2.61 bits per heavy atom. The third-order valence-corrected chi connectivity index (χ3v) is 6.93. The van der Waals surface area contributed by atoms with E-state index in [2.05, 4.69) is 9.97 Å². The summed E-state index contributed by atoms with van der Waals surface area (Å²) in [6.07, 6.45) is 3.17. The molecule has 0 aliphatic carbocycles. The van der Waals surface area contributed by atoms with Gasteiger partial charge in [-0.25, -0.2) is 19.7 Å². The molecule has 9 nitrogen and oxygen atoms in total. The van der Waals surface area contributed by atoms with Gasteiger partial charge >= 0.3 is 12.7 Å². The molecule has 2 aliphatic heterocycles. The Balaban J connectivity index is 1.51. The number of fused-ring (bicyclic) bond motifs is 9. The van der Waals surface area contributed by atoms with Crippen LogP contribution in [0.5, 0.6) is 5.75 Å². The van der Waals surface area contributed by atoms with E-state index in [4.69, 9.17) is 14.5 Å². The van der Waals surface area contributed by atoms with Crippen molar-refractivity contribution in [1.29, 1.82) is 0 Å². The predicted molar refractivity (Wildman–Crippen MR) is 134 cm³/mol. The number of ether oxygens (including phenoxy) is 2. The second-order valence-electron chi connectivity index (χ2n) is 9.80. The van der Waals surface area contributed by atoms with Crippen LogP contribution in [-0.4, -0.2) is 43.9 Å². The summed E-state index contributed by atoms with van der Waals surface area (Å²) < 4.78 is 39.0. The lowest BCUT2D eigenvalue weighted by Crippen LogP contribution is -2.37. The van der Waals surface area contributed by atoms with Crippen molar-refractivity contribution in [2.45, 2.75) is 51.5 Å². The highest BCUT2D eigenvalue weighted by atomic mass is 19.3. The number of carbonyl (C=O) groups excluding carboxylic acids is 1. The zero-order valence-electron chi connectivity index (χ0n) is 20.9. The van der Waals surface area contributed by atoms with Crippen LogP contribution in [0.4, 0.5) is 19.3 Å². The maximum absolute atomic E-state index is 13.4. The minimum atomic E-state index is -3.02. The number of aromatic nitrogens is 4. The number of alkyl halides is 2. The van der Waals surface area contributed by atoms with Crippen molar-refractivity contribution >= 4 is 22.8 Å². The summed E-state index contributed by atoms with van der Waals surface area (Å²) in [6, 6.07) is 9.69. The largest absolute Gasteiger partial charge is 0.449 e. The molecule has 0 spiro atoms. The zero-order valence-corrected chi connectivity index (χ0v) is 20.9. The molecule has 2 aromatic carbocycles. The molecule has 1 N–H and O–H groups in total. The van der Waals surface area contributed by atoms with Gasteiger partial charge in [0.15, 0.2) is 5.82 Å². The van der Waals surface area contributed by atoms with Gasteiger partial charge in [-0.1, -0.05) is 12.1 Å². The van der Waals surface area contributed by atoms with E-state index < -0.39 is 24.3 Å². The van der Waals surface area contributed by atoms with Crippen LogP contribution in [0.25, 0.3) is 22.2 Å². The van der Waals surface area contributed by atoms with Crippen molar-refractivity contribution in [3.05, 3.63) is 66.0 Å². The Kier molecular flexibility index (Phi) is 5.56. The first kappa shape index (κ1) is 24.2. The van der Waals surface area contributed by atoms with Gasteiger partial charge in [0.05, 0.1) is 29.4 Å². The van der Waals surface area contributed by atoms with Crippen LogP contribution in [0.15, 0.2) is 48.8 Å². The van der Waals surface area contributed by atoms with Crippen LogP contribution in [0.3, 0.4) is 0 Å². The Morgan fingerprint density at radius 2 is 1.92 bits per heavy atom. The van der Waals surface area contributed by atoms with Crippen LogP contribution in [0, 0.1) is 0 Å². The summed E-state index contributed by atoms with van der Waals surface area (Å²) in [5.74, 6) is 0.961. The molecule has 2 aliphatic rings. The van der Waals surface area contributed by atoms with E-state index in [9.17, 15) is 18.7 Å². The Hall–Kier alpha value is -4.12. The van der Waals surface area contributed by atoms with Crippen molar-refractivity contribution in [3.8, 4) is 16.9 Å². The molecule has 2 aromatic heterocycles. The normalized spacial score (nSPS) is 18.0. The molecular weight excluding hydrogens is 496 g/mol. The molecule has 4 aromatic rings. The number of rotatable bonds is 5. The lowest BCUT2D eigenvalue weighted by Gasteiger charge is -2.34. The molecule has 0 unspecified atom stereocenters. The number of halogens is 2. The molecule has 0 saturated carbocycles. The van der Waals surface area contributed by atoms with Gasteiger partial charge < -0.3 is 19.1 Å². The summed E-state index contributed by atoms with van der Waals surface area (Å²) in [5, 5.41) is 10.2. The SMILES string of the molecule is CCOC(=O)N1c2cccc(OC(F)F)c2[C@H]2C[C@@H]1c1nc3ccc(-c4cnc(C(C)(C)O)nc4)cc3n12. The average molecular weight is 522 g/mol. The van der Waals surface area contributed by atoms with Crippen molar-refractivity contribution in [1.82, 2.24) is 19.5 Å². The van der Waals surface area contributed by atoms with E-state index in [1.807, 2.05) is 22.8 Å². The predicted octanol–water partition coefficient (Wildman–Crippen LogP) is 5.33. The van der Waals surface area contributed by atoms with E-state index in [-0.39, 0.29) is 18.4 Å². The molecule has 2 atom stereocenters. The molecular formula is C27H25F2N5O4. The fourth-order valence-electron chi connectivity index (χ4n) is 5.40. The molecule has 38 heavy (non-hydrogen) atoms. The Bertz CT molecular complexity index is 1550. The minimum absolute atomic E-state index is 0.0108. The number of aliphatic hydroxyl groups is 1. The first-order valence-electron chi connectivity index (χ1n) is 12.3. The van der Waals surface area contributed by atoms with E-state index in [0.717, 1.165) is 16.6 Å². The molecule has 11 heteroatoms. The quantitative estimate of drug-likeness (QED) is 0.379. The summed E-state index contributed by atoms with van der Waals surface area (Å²) in [4.78, 5) is 28.0. The molecule has 2 bridgehead atoms. The highest BCUT2D eigenvalue weighted by Gasteiger charge is 2.48. The monoisotopic (exact) mass is 521 g/mol. The number of nitrogens with zero attached hydrogens (tertiary/aromatic N) is 5. The van der Waals surface area contributed by atoms with E-state index in [1.54, 1.807) is 45.3 Å². The number of amides is 1. The van der Waals surface area contributed by atoms with Gasteiger partial charge in [-0.05, 0) is 50.6 Å². The fraction of sp³-hybridized carbons (Fsp3) is 0.333. The summed E-state index contributed by atoms with van der Waals surface area (Å²) in [6.45, 7) is 2.10. The number of anilines is 1. The van der Waals surface area contributed by atoms with Gasteiger partial charge in [0.2, 0.25) is 0 Å².